The number of anilines is 1. The molecular formula is C21H23BN2O2S. The van der Waals surface area contributed by atoms with Crippen LogP contribution >= 0.6 is 11.3 Å². The van der Waals surface area contributed by atoms with E-state index in [0.29, 0.717) is 11.3 Å². The van der Waals surface area contributed by atoms with E-state index in [4.69, 9.17) is 20.5 Å². The summed E-state index contributed by atoms with van der Waals surface area (Å²) in [6, 6.07) is 14.3. The lowest BCUT2D eigenvalue weighted by Crippen LogP contribution is -2.41. The topological polar surface area (TPSA) is 68.3 Å². The molecule has 4 rings (SSSR count). The zero-order chi connectivity index (χ0) is 19.4. The van der Waals surface area contributed by atoms with Crippen LogP contribution < -0.4 is 11.2 Å². The zero-order valence-corrected chi connectivity index (χ0v) is 16.8. The first-order valence-corrected chi connectivity index (χ1v) is 9.82. The molecule has 0 radical (unpaired) electrons. The number of thiophene rings is 1. The van der Waals surface area contributed by atoms with Gasteiger partial charge in [0, 0.05) is 32.6 Å². The SMILES string of the molecule is CC1(C)OB(c2cc(C=N)c(N)c(-c3cc4ccccc4s3)c2)OC1(C)C. The van der Waals surface area contributed by atoms with Gasteiger partial charge in [-0.1, -0.05) is 30.3 Å². The summed E-state index contributed by atoms with van der Waals surface area (Å²) >= 11 is 1.70. The summed E-state index contributed by atoms with van der Waals surface area (Å²) in [4.78, 5) is 1.08. The Kier molecular flexibility index (Phi) is 4.18. The van der Waals surface area contributed by atoms with Gasteiger partial charge in [-0.3, -0.25) is 0 Å². The predicted molar refractivity (Wildman–Crippen MR) is 115 cm³/mol. The maximum Gasteiger partial charge on any atom is 0.494 e. The highest BCUT2D eigenvalue weighted by Crippen LogP contribution is 2.39. The van der Waals surface area contributed by atoms with Crippen molar-refractivity contribution in [1.82, 2.24) is 0 Å². The summed E-state index contributed by atoms with van der Waals surface area (Å²) in [6.45, 7) is 8.15. The molecule has 1 aliphatic rings. The molecule has 2 heterocycles. The summed E-state index contributed by atoms with van der Waals surface area (Å²) in [5, 5.41) is 8.98. The molecular weight excluding hydrogens is 355 g/mol. The lowest BCUT2D eigenvalue weighted by Gasteiger charge is -2.32. The number of hydrogen-bond acceptors (Lipinski definition) is 5. The molecule has 4 nitrogen and oxygen atoms in total. The monoisotopic (exact) mass is 378 g/mol. The first kappa shape index (κ1) is 18.2. The highest BCUT2D eigenvalue weighted by atomic mass is 32.1. The van der Waals surface area contributed by atoms with Crippen molar-refractivity contribution in [3.63, 3.8) is 0 Å². The smallest absolute Gasteiger partial charge is 0.399 e. The molecule has 0 aliphatic carbocycles. The summed E-state index contributed by atoms with van der Waals surface area (Å²) in [5.41, 5.74) is 8.65. The van der Waals surface area contributed by atoms with E-state index in [-0.39, 0.29) is 0 Å². The van der Waals surface area contributed by atoms with Gasteiger partial charge in [0.25, 0.3) is 0 Å². The molecule has 0 atom stereocenters. The molecule has 1 aromatic heterocycles. The third-order valence-electron chi connectivity index (χ3n) is 5.61. The number of nitrogen functional groups attached to an aromatic ring is 1. The zero-order valence-electron chi connectivity index (χ0n) is 16.0. The average Bonchev–Trinajstić information content (AvgIpc) is 3.13. The minimum absolute atomic E-state index is 0.415. The van der Waals surface area contributed by atoms with Gasteiger partial charge in [-0.15, -0.1) is 11.3 Å². The van der Waals surface area contributed by atoms with Crippen molar-refractivity contribution in [2.75, 3.05) is 5.73 Å². The number of benzene rings is 2. The third kappa shape index (κ3) is 2.98. The van der Waals surface area contributed by atoms with Crippen LogP contribution in [0.5, 0.6) is 0 Å². The number of fused-ring (bicyclic) bond motifs is 1. The summed E-state index contributed by atoms with van der Waals surface area (Å²) in [7, 11) is -0.484. The third-order valence-corrected chi connectivity index (χ3v) is 6.76. The van der Waals surface area contributed by atoms with Crippen molar-refractivity contribution in [2.24, 2.45) is 0 Å². The fourth-order valence-electron chi connectivity index (χ4n) is 3.25. The molecule has 138 valence electrons. The van der Waals surface area contributed by atoms with Gasteiger partial charge >= 0.3 is 7.12 Å². The standard InChI is InChI=1S/C21H23BN2O2S/c1-20(2)21(3,4)26-22(25-20)15-9-14(12-23)19(24)16(11-15)18-10-13-7-5-6-8-17(13)27-18/h5-12,23H,24H2,1-4H3. The second-order valence-corrected chi connectivity index (χ2v) is 9.04. The Morgan fingerprint density at radius 2 is 1.70 bits per heavy atom. The van der Waals surface area contributed by atoms with Crippen LogP contribution in [0.1, 0.15) is 33.3 Å². The summed E-state index contributed by atoms with van der Waals surface area (Å²) < 4.78 is 13.6. The number of rotatable bonds is 3. The second-order valence-electron chi connectivity index (χ2n) is 7.95. The highest BCUT2D eigenvalue weighted by Gasteiger charge is 2.51. The Morgan fingerprint density at radius 1 is 1.04 bits per heavy atom. The minimum Gasteiger partial charge on any atom is -0.399 e. The normalized spacial score (nSPS) is 18.1. The molecule has 1 fully saturated rings. The number of nitrogens with one attached hydrogen (secondary N) is 1. The van der Waals surface area contributed by atoms with Crippen LogP contribution in [0.25, 0.3) is 20.5 Å². The van der Waals surface area contributed by atoms with Gasteiger partial charge in [-0.25, -0.2) is 0 Å². The predicted octanol–water partition coefficient (Wildman–Crippen LogP) is 4.45. The van der Waals surface area contributed by atoms with E-state index in [1.165, 1.54) is 16.3 Å². The van der Waals surface area contributed by atoms with E-state index in [2.05, 4.69) is 18.2 Å². The summed E-state index contributed by atoms with van der Waals surface area (Å²) in [6.07, 6.45) is 1.29. The molecule has 0 unspecified atom stereocenters. The first-order chi connectivity index (χ1) is 12.7. The number of nitrogens with two attached hydrogens (primary N) is 1. The summed E-state index contributed by atoms with van der Waals surface area (Å²) in [5.74, 6) is 0. The van der Waals surface area contributed by atoms with E-state index in [0.717, 1.165) is 15.9 Å². The van der Waals surface area contributed by atoms with E-state index >= 15 is 0 Å². The average molecular weight is 378 g/mol. The fourth-order valence-corrected chi connectivity index (χ4v) is 4.35. The van der Waals surface area contributed by atoms with Gasteiger partial charge in [0.2, 0.25) is 0 Å². The Balaban J connectivity index is 1.84. The first-order valence-electron chi connectivity index (χ1n) is 9.00. The molecule has 0 saturated carbocycles. The van der Waals surface area contributed by atoms with Gasteiger partial charge in [0.1, 0.15) is 0 Å². The van der Waals surface area contributed by atoms with Crippen molar-refractivity contribution in [3.8, 4) is 10.4 Å². The fraction of sp³-hybridized carbons (Fsp3) is 0.286. The molecule has 6 heteroatoms. The Hall–Kier alpha value is -2.15. The van der Waals surface area contributed by atoms with Gasteiger partial charge in [-0.2, -0.15) is 0 Å². The number of hydrogen-bond donors (Lipinski definition) is 2. The van der Waals surface area contributed by atoms with Crippen LogP contribution in [0.3, 0.4) is 0 Å². The van der Waals surface area contributed by atoms with Crippen molar-refractivity contribution < 1.29 is 9.31 Å². The van der Waals surface area contributed by atoms with Crippen LogP contribution in [0, 0.1) is 5.41 Å². The van der Waals surface area contributed by atoms with Crippen LogP contribution in [-0.4, -0.2) is 24.5 Å². The molecule has 1 aliphatic heterocycles. The molecule has 0 bridgehead atoms. The quantitative estimate of drug-likeness (QED) is 0.402. The Bertz CT molecular complexity index is 993. The Morgan fingerprint density at radius 3 is 2.33 bits per heavy atom. The van der Waals surface area contributed by atoms with Crippen molar-refractivity contribution >= 4 is 45.9 Å². The minimum atomic E-state index is -0.484. The van der Waals surface area contributed by atoms with E-state index in [1.54, 1.807) is 11.3 Å². The van der Waals surface area contributed by atoms with E-state index < -0.39 is 18.3 Å². The molecule has 0 spiro atoms. The molecule has 27 heavy (non-hydrogen) atoms. The lowest BCUT2D eigenvalue weighted by atomic mass is 9.77. The molecule has 3 N–H and O–H groups in total. The van der Waals surface area contributed by atoms with Crippen LogP contribution in [0.15, 0.2) is 42.5 Å². The van der Waals surface area contributed by atoms with Crippen molar-refractivity contribution in [2.45, 2.75) is 38.9 Å². The lowest BCUT2D eigenvalue weighted by molar-refractivity contribution is 0.00578. The van der Waals surface area contributed by atoms with E-state index in [1.807, 2.05) is 52.0 Å². The van der Waals surface area contributed by atoms with Crippen molar-refractivity contribution in [1.29, 1.82) is 5.41 Å². The van der Waals surface area contributed by atoms with Crippen LogP contribution in [0.4, 0.5) is 5.69 Å². The Labute approximate surface area is 164 Å². The van der Waals surface area contributed by atoms with Gasteiger partial charge in [0.15, 0.2) is 0 Å². The van der Waals surface area contributed by atoms with Gasteiger partial charge in [-0.05, 0) is 50.7 Å². The van der Waals surface area contributed by atoms with E-state index in [9.17, 15) is 0 Å². The molecule has 0 amide bonds. The highest BCUT2D eigenvalue weighted by molar-refractivity contribution is 7.22. The molecule has 3 aromatic rings. The van der Waals surface area contributed by atoms with Gasteiger partial charge in [0.05, 0.1) is 11.2 Å². The van der Waals surface area contributed by atoms with Crippen LogP contribution in [-0.2, 0) is 9.31 Å². The second kappa shape index (κ2) is 6.19. The van der Waals surface area contributed by atoms with Crippen LogP contribution in [0.2, 0.25) is 0 Å². The maximum absolute atomic E-state index is 7.79. The van der Waals surface area contributed by atoms with Gasteiger partial charge < -0.3 is 20.5 Å². The maximum atomic E-state index is 7.79. The largest absolute Gasteiger partial charge is 0.494 e. The van der Waals surface area contributed by atoms with Crippen molar-refractivity contribution in [3.05, 3.63) is 48.0 Å². The molecule has 2 aromatic carbocycles. The molecule has 1 saturated heterocycles.